The van der Waals surface area contributed by atoms with Crippen molar-refractivity contribution in [2.45, 2.75) is 12.3 Å². The molecule has 0 heterocycles. The maximum absolute atomic E-state index is 5.92. The fraction of sp³-hybridized carbons (Fsp3) is 0.217. The summed E-state index contributed by atoms with van der Waals surface area (Å²) in [5.41, 5.74) is 8.09. The van der Waals surface area contributed by atoms with Gasteiger partial charge in [0.25, 0.3) is 0 Å². The van der Waals surface area contributed by atoms with Crippen LogP contribution in [0.3, 0.4) is 0 Å². The van der Waals surface area contributed by atoms with Crippen molar-refractivity contribution < 1.29 is 14.0 Å². The Bertz CT molecular complexity index is 747. The van der Waals surface area contributed by atoms with Gasteiger partial charge in [-0.15, -0.1) is 0 Å². The maximum Gasteiger partial charge on any atom is 0.713 e. The Morgan fingerprint density at radius 3 is 1.71 bits per heavy atom. The summed E-state index contributed by atoms with van der Waals surface area (Å²) in [6.07, 6.45) is 0.814. The van der Waals surface area contributed by atoms with Gasteiger partial charge in [-0.1, -0.05) is 78.9 Å². The van der Waals surface area contributed by atoms with Crippen LogP contribution in [-0.4, -0.2) is 27.1 Å². The van der Waals surface area contributed by atoms with E-state index in [1.165, 1.54) is 11.1 Å². The quantitative estimate of drug-likeness (QED) is 0.509. The summed E-state index contributed by atoms with van der Waals surface area (Å²) in [6.45, 7) is 1.28. The van der Waals surface area contributed by atoms with Crippen molar-refractivity contribution in [2.24, 2.45) is 5.73 Å². The smallest absolute Gasteiger partial charge is 0.512 e. The molecule has 0 aliphatic rings. The second-order valence-corrected chi connectivity index (χ2v) is 6.41. The second kappa shape index (κ2) is 11.3. The van der Waals surface area contributed by atoms with Gasteiger partial charge < -0.3 is 19.7 Å². The summed E-state index contributed by atoms with van der Waals surface area (Å²) < 4.78 is 17.4. The maximum atomic E-state index is 5.92. The highest BCUT2D eigenvalue weighted by molar-refractivity contribution is 6.37. The zero-order chi connectivity index (χ0) is 19.4. The van der Waals surface area contributed by atoms with Crippen LogP contribution < -0.4 is 10.4 Å². The molecular formula is C23H26BNO3. The molecule has 0 saturated heterocycles. The molecule has 0 fully saturated rings. The fourth-order valence-electron chi connectivity index (χ4n) is 3.07. The largest absolute Gasteiger partial charge is 0.713 e. The molecule has 0 saturated carbocycles. The van der Waals surface area contributed by atoms with Crippen LogP contribution >= 0.6 is 0 Å². The van der Waals surface area contributed by atoms with Crippen LogP contribution in [0.25, 0.3) is 0 Å². The van der Waals surface area contributed by atoms with E-state index in [1.807, 2.05) is 42.5 Å². The van der Waals surface area contributed by atoms with E-state index in [0.29, 0.717) is 25.5 Å². The minimum atomic E-state index is -0.779. The first-order chi connectivity index (χ1) is 13.9. The number of nitrogens with two attached hydrogens (primary N) is 1. The third-order valence-electron chi connectivity index (χ3n) is 4.41. The first-order valence-electron chi connectivity index (χ1n) is 9.61. The highest BCUT2D eigenvalue weighted by Gasteiger charge is 2.25. The zero-order valence-electron chi connectivity index (χ0n) is 15.9. The molecule has 4 nitrogen and oxygen atoms in total. The molecule has 0 bridgehead atoms. The molecule has 0 aromatic heterocycles. The van der Waals surface area contributed by atoms with Gasteiger partial charge in [0.1, 0.15) is 5.75 Å². The Balaban J connectivity index is 1.64. The summed E-state index contributed by atoms with van der Waals surface area (Å²) in [5.74, 6) is 0.946. The standard InChI is InChI=1S/C23H26BNO3/c25-17-19-27-24(28-22-14-8-3-9-15-22)26-18-16-23(20-10-4-1-5-11-20)21-12-6-2-7-13-21/h1-15,23H,16-19,25H2. The third-order valence-corrected chi connectivity index (χ3v) is 4.41. The Labute approximate surface area is 167 Å². The van der Waals surface area contributed by atoms with E-state index in [0.717, 1.165) is 6.42 Å². The van der Waals surface area contributed by atoms with Gasteiger partial charge in [0, 0.05) is 25.7 Å². The molecule has 0 aliphatic carbocycles. The Morgan fingerprint density at radius 2 is 1.18 bits per heavy atom. The SMILES string of the molecule is NCCOB(OCCC(c1ccccc1)c1ccccc1)Oc1ccccc1. The molecule has 5 heteroatoms. The van der Waals surface area contributed by atoms with E-state index in [9.17, 15) is 0 Å². The van der Waals surface area contributed by atoms with Gasteiger partial charge in [-0.05, 0) is 29.7 Å². The van der Waals surface area contributed by atoms with E-state index in [2.05, 4.69) is 48.5 Å². The number of hydrogen-bond acceptors (Lipinski definition) is 4. The Kier molecular flexibility index (Phi) is 8.13. The normalized spacial score (nSPS) is 10.8. The van der Waals surface area contributed by atoms with Gasteiger partial charge in [-0.2, -0.15) is 0 Å². The molecule has 3 aromatic carbocycles. The molecule has 0 amide bonds. The first kappa shape index (κ1) is 20.1. The predicted molar refractivity (Wildman–Crippen MR) is 113 cm³/mol. The van der Waals surface area contributed by atoms with Crippen molar-refractivity contribution in [3.8, 4) is 5.75 Å². The number of benzene rings is 3. The van der Waals surface area contributed by atoms with Crippen LogP contribution in [0.1, 0.15) is 23.5 Å². The zero-order valence-corrected chi connectivity index (χ0v) is 15.9. The molecule has 0 radical (unpaired) electrons. The third kappa shape index (κ3) is 6.24. The summed E-state index contributed by atoms with van der Waals surface area (Å²) in [6, 6.07) is 30.5. The molecule has 2 N–H and O–H groups in total. The van der Waals surface area contributed by atoms with Crippen LogP contribution in [0.15, 0.2) is 91.0 Å². The molecule has 3 aromatic rings. The highest BCUT2D eigenvalue weighted by Crippen LogP contribution is 2.28. The summed E-state index contributed by atoms with van der Waals surface area (Å²) in [7, 11) is -0.779. The van der Waals surface area contributed by atoms with Crippen molar-refractivity contribution in [1.82, 2.24) is 0 Å². The summed E-state index contributed by atoms with van der Waals surface area (Å²) >= 11 is 0. The van der Waals surface area contributed by atoms with E-state index >= 15 is 0 Å². The van der Waals surface area contributed by atoms with Crippen LogP contribution in [0, 0.1) is 0 Å². The van der Waals surface area contributed by atoms with E-state index in [4.69, 9.17) is 19.7 Å². The predicted octanol–water partition coefficient (Wildman–Crippen LogP) is 4.26. The minimum absolute atomic E-state index is 0.245. The van der Waals surface area contributed by atoms with Crippen LogP contribution in [0.5, 0.6) is 5.75 Å². The van der Waals surface area contributed by atoms with Crippen LogP contribution in [-0.2, 0) is 9.31 Å². The monoisotopic (exact) mass is 375 g/mol. The molecule has 0 unspecified atom stereocenters. The van der Waals surface area contributed by atoms with E-state index in [1.54, 1.807) is 0 Å². The van der Waals surface area contributed by atoms with Gasteiger partial charge in [0.05, 0.1) is 0 Å². The second-order valence-electron chi connectivity index (χ2n) is 6.41. The minimum Gasteiger partial charge on any atom is -0.512 e. The van der Waals surface area contributed by atoms with Crippen molar-refractivity contribution >= 4 is 7.32 Å². The lowest BCUT2D eigenvalue weighted by Gasteiger charge is -2.20. The van der Waals surface area contributed by atoms with Gasteiger partial charge in [-0.25, -0.2) is 0 Å². The average molecular weight is 375 g/mol. The van der Waals surface area contributed by atoms with Crippen LogP contribution in [0.2, 0.25) is 0 Å². The highest BCUT2D eigenvalue weighted by atomic mass is 16.7. The lowest BCUT2D eigenvalue weighted by molar-refractivity contribution is 0.140. The lowest BCUT2D eigenvalue weighted by Crippen LogP contribution is -2.33. The number of para-hydroxylation sites is 1. The van der Waals surface area contributed by atoms with Crippen molar-refractivity contribution in [3.63, 3.8) is 0 Å². The van der Waals surface area contributed by atoms with Crippen molar-refractivity contribution in [3.05, 3.63) is 102 Å². The van der Waals surface area contributed by atoms with Gasteiger partial charge in [0.15, 0.2) is 0 Å². The van der Waals surface area contributed by atoms with Gasteiger partial charge in [0.2, 0.25) is 0 Å². The van der Waals surface area contributed by atoms with Gasteiger partial charge in [-0.3, -0.25) is 0 Å². The van der Waals surface area contributed by atoms with E-state index < -0.39 is 7.32 Å². The first-order valence-corrected chi connectivity index (χ1v) is 9.61. The lowest BCUT2D eigenvalue weighted by atomic mass is 9.89. The van der Waals surface area contributed by atoms with Crippen LogP contribution in [0.4, 0.5) is 0 Å². The Hall–Kier alpha value is -2.60. The molecular weight excluding hydrogens is 349 g/mol. The fourth-order valence-corrected chi connectivity index (χ4v) is 3.07. The molecule has 0 aliphatic heterocycles. The van der Waals surface area contributed by atoms with Gasteiger partial charge >= 0.3 is 7.32 Å². The number of hydrogen-bond donors (Lipinski definition) is 1. The topological polar surface area (TPSA) is 53.7 Å². The van der Waals surface area contributed by atoms with E-state index in [-0.39, 0.29) is 5.92 Å². The molecule has 0 atom stereocenters. The molecule has 3 rings (SSSR count). The molecule has 0 spiro atoms. The van der Waals surface area contributed by atoms with Crippen molar-refractivity contribution in [2.75, 3.05) is 19.8 Å². The van der Waals surface area contributed by atoms with Crippen molar-refractivity contribution in [1.29, 1.82) is 0 Å². The molecule has 144 valence electrons. The number of rotatable bonds is 11. The summed E-state index contributed by atoms with van der Waals surface area (Å²) in [5, 5.41) is 0. The molecule has 28 heavy (non-hydrogen) atoms. The summed E-state index contributed by atoms with van der Waals surface area (Å²) in [4.78, 5) is 0. The average Bonchev–Trinajstić information content (AvgIpc) is 2.77. The Morgan fingerprint density at radius 1 is 0.679 bits per heavy atom.